The van der Waals surface area contributed by atoms with E-state index in [-0.39, 0.29) is 17.3 Å². The van der Waals surface area contributed by atoms with Crippen LogP contribution in [0.2, 0.25) is 0 Å². The molecule has 2 saturated heterocycles. The minimum absolute atomic E-state index is 0.102. The molecule has 5 nitrogen and oxygen atoms in total. The van der Waals surface area contributed by atoms with Gasteiger partial charge in [-0.2, -0.15) is 0 Å². The van der Waals surface area contributed by atoms with Gasteiger partial charge in [0, 0.05) is 42.8 Å². The van der Waals surface area contributed by atoms with Gasteiger partial charge in [0.1, 0.15) is 6.04 Å². The minimum Gasteiger partial charge on any atom is -0.341 e. The number of likely N-dealkylation sites (tertiary alicyclic amines) is 1. The molecule has 0 radical (unpaired) electrons. The summed E-state index contributed by atoms with van der Waals surface area (Å²) in [6.07, 6.45) is 3.85. The molecule has 1 amide bonds. The minimum atomic E-state index is -0.318. The maximum absolute atomic E-state index is 12.6. The number of aromatic nitrogens is 1. The molecule has 3 heterocycles. The number of nitrogens with one attached hydrogen (secondary N) is 2. The molecule has 0 saturated carbocycles. The molecular weight excluding hydrogens is 324 g/mol. The number of amides is 1. The van der Waals surface area contributed by atoms with Gasteiger partial charge >= 0.3 is 0 Å². The summed E-state index contributed by atoms with van der Waals surface area (Å²) >= 11 is 6.19. The summed E-state index contributed by atoms with van der Waals surface area (Å²) in [4.78, 5) is 19.1. The van der Waals surface area contributed by atoms with Crippen LogP contribution in [0.4, 0.5) is 0 Å². The topological polar surface area (TPSA) is 57.3 Å². The lowest BCUT2D eigenvalue weighted by atomic mass is 9.92. The summed E-state index contributed by atoms with van der Waals surface area (Å²) in [7, 11) is 0. The van der Waals surface area contributed by atoms with Crippen LogP contribution in [-0.4, -0.2) is 46.8 Å². The van der Waals surface area contributed by atoms with E-state index in [4.69, 9.17) is 11.6 Å². The van der Waals surface area contributed by atoms with Crippen LogP contribution in [0.15, 0.2) is 36.5 Å². The van der Waals surface area contributed by atoms with Crippen molar-refractivity contribution in [2.24, 2.45) is 0 Å². The van der Waals surface area contributed by atoms with Crippen molar-refractivity contribution in [2.75, 3.05) is 19.6 Å². The van der Waals surface area contributed by atoms with Crippen LogP contribution in [0.1, 0.15) is 24.5 Å². The van der Waals surface area contributed by atoms with Crippen LogP contribution >= 0.6 is 11.6 Å². The second-order valence-corrected chi connectivity index (χ2v) is 7.14. The highest BCUT2D eigenvalue weighted by Crippen LogP contribution is 2.29. The van der Waals surface area contributed by atoms with Gasteiger partial charge < -0.3 is 4.90 Å². The number of hydrazine groups is 1. The molecule has 2 fully saturated rings. The molecule has 24 heavy (non-hydrogen) atoms. The monoisotopic (exact) mass is 344 g/mol. The number of nitrogens with zero attached hydrogens (tertiary/aromatic N) is 2. The van der Waals surface area contributed by atoms with Crippen LogP contribution in [0.5, 0.6) is 0 Å². The lowest BCUT2D eigenvalue weighted by Gasteiger charge is -2.33. The van der Waals surface area contributed by atoms with Crippen LogP contribution in [-0.2, 0) is 4.79 Å². The second-order valence-electron chi connectivity index (χ2n) is 6.57. The van der Waals surface area contributed by atoms with E-state index in [1.165, 1.54) is 10.8 Å². The third-order valence-electron chi connectivity index (χ3n) is 5.06. The molecule has 2 unspecified atom stereocenters. The maximum atomic E-state index is 12.6. The van der Waals surface area contributed by atoms with E-state index in [1.807, 2.05) is 17.2 Å². The van der Waals surface area contributed by atoms with Crippen LogP contribution in [0.25, 0.3) is 10.8 Å². The number of pyridine rings is 1. The standard InChI is InChI=1S/C18H21ClN4O/c19-15-11-21-22-17(15)18(24)23-7-5-12(6-8-23)16-9-13-3-1-2-4-14(13)10-20-16/h1-4,9-10,12,15,17,21-22H,5-8,11H2. The van der Waals surface area contributed by atoms with Gasteiger partial charge in [-0.15, -0.1) is 11.6 Å². The largest absolute Gasteiger partial charge is 0.341 e. The second kappa shape index (κ2) is 6.67. The van der Waals surface area contributed by atoms with E-state index in [1.54, 1.807) is 0 Å². The first-order valence-corrected chi connectivity index (χ1v) is 8.92. The number of hydrogen-bond donors (Lipinski definition) is 2. The Morgan fingerprint density at radius 3 is 2.67 bits per heavy atom. The number of piperidine rings is 1. The number of alkyl halides is 1. The van der Waals surface area contributed by atoms with Crippen LogP contribution in [0.3, 0.4) is 0 Å². The Balaban J connectivity index is 1.42. The Hall–Kier alpha value is -1.69. The summed E-state index contributed by atoms with van der Waals surface area (Å²) in [5.41, 5.74) is 7.07. The summed E-state index contributed by atoms with van der Waals surface area (Å²) in [5, 5.41) is 2.21. The summed E-state index contributed by atoms with van der Waals surface area (Å²) in [5.74, 6) is 0.519. The fraction of sp³-hybridized carbons (Fsp3) is 0.444. The van der Waals surface area contributed by atoms with E-state index in [2.05, 4.69) is 40.1 Å². The zero-order valence-electron chi connectivity index (χ0n) is 13.4. The highest BCUT2D eigenvalue weighted by Gasteiger charge is 2.35. The number of carbonyl (C=O) groups excluding carboxylic acids is 1. The van der Waals surface area contributed by atoms with Crippen molar-refractivity contribution in [1.29, 1.82) is 0 Å². The lowest BCUT2D eigenvalue weighted by molar-refractivity contribution is -0.134. The predicted octanol–water partition coefficient (Wildman–Crippen LogP) is 2.02. The molecular formula is C18H21ClN4O. The summed E-state index contributed by atoms with van der Waals surface area (Å²) in [6.45, 7) is 2.15. The van der Waals surface area contributed by atoms with E-state index >= 15 is 0 Å². The third kappa shape index (κ3) is 2.99. The molecule has 1 aromatic carbocycles. The number of hydrogen-bond acceptors (Lipinski definition) is 4. The van der Waals surface area contributed by atoms with Crippen LogP contribution < -0.4 is 10.9 Å². The Kier molecular flexibility index (Phi) is 4.39. The molecule has 2 aliphatic rings. The first-order chi connectivity index (χ1) is 11.7. The first-order valence-electron chi connectivity index (χ1n) is 8.48. The number of fused-ring (bicyclic) bond motifs is 1. The zero-order valence-corrected chi connectivity index (χ0v) is 14.2. The van der Waals surface area contributed by atoms with Crippen molar-refractivity contribution in [3.8, 4) is 0 Å². The molecule has 2 N–H and O–H groups in total. The molecule has 0 spiro atoms. The van der Waals surface area contributed by atoms with E-state index in [0.717, 1.165) is 31.6 Å². The fourth-order valence-corrected chi connectivity index (χ4v) is 3.86. The van der Waals surface area contributed by atoms with Crippen molar-refractivity contribution >= 4 is 28.3 Å². The third-order valence-corrected chi connectivity index (χ3v) is 5.47. The maximum Gasteiger partial charge on any atom is 0.242 e. The highest BCUT2D eigenvalue weighted by atomic mass is 35.5. The van der Waals surface area contributed by atoms with Crippen molar-refractivity contribution in [2.45, 2.75) is 30.2 Å². The number of halogens is 1. The molecule has 126 valence electrons. The molecule has 4 rings (SSSR count). The summed E-state index contributed by atoms with van der Waals surface area (Å²) in [6, 6.07) is 10.2. The smallest absolute Gasteiger partial charge is 0.242 e. The molecule has 2 aliphatic heterocycles. The first kappa shape index (κ1) is 15.8. The quantitative estimate of drug-likeness (QED) is 0.818. The van der Waals surface area contributed by atoms with E-state index in [0.29, 0.717) is 12.5 Å². The van der Waals surface area contributed by atoms with Crippen molar-refractivity contribution < 1.29 is 4.79 Å². The fourth-order valence-electron chi connectivity index (χ4n) is 3.61. The van der Waals surface area contributed by atoms with Gasteiger partial charge in [-0.25, -0.2) is 5.43 Å². The number of rotatable bonds is 2. The van der Waals surface area contributed by atoms with Crippen LogP contribution in [0, 0.1) is 0 Å². The zero-order chi connectivity index (χ0) is 16.5. The predicted molar refractivity (Wildman–Crippen MR) is 94.9 cm³/mol. The molecule has 2 atom stereocenters. The van der Waals surface area contributed by atoms with Gasteiger partial charge in [-0.05, 0) is 24.3 Å². The van der Waals surface area contributed by atoms with Gasteiger partial charge in [0.25, 0.3) is 0 Å². The Morgan fingerprint density at radius 1 is 1.21 bits per heavy atom. The average Bonchev–Trinajstić information content (AvgIpc) is 3.07. The molecule has 2 aromatic rings. The SMILES string of the molecule is O=C(C1NNCC1Cl)N1CCC(c2cc3ccccc3cn2)CC1. The van der Waals surface area contributed by atoms with Gasteiger partial charge in [-0.1, -0.05) is 24.3 Å². The van der Waals surface area contributed by atoms with Gasteiger partial charge in [0.05, 0.1) is 5.38 Å². The Labute approximate surface area is 146 Å². The molecule has 6 heteroatoms. The molecule has 0 bridgehead atoms. The Bertz CT molecular complexity index is 745. The van der Waals surface area contributed by atoms with Crippen molar-refractivity contribution in [3.63, 3.8) is 0 Å². The van der Waals surface area contributed by atoms with Crippen molar-refractivity contribution in [1.82, 2.24) is 20.7 Å². The normalized spacial score (nSPS) is 25.3. The van der Waals surface area contributed by atoms with Gasteiger partial charge in [-0.3, -0.25) is 15.2 Å². The summed E-state index contributed by atoms with van der Waals surface area (Å²) < 4.78 is 0. The molecule has 0 aliphatic carbocycles. The van der Waals surface area contributed by atoms with E-state index in [9.17, 15) is 4.79 Å². The average molecular weight is 345 g/mol. The highest BCUT2D eigenvalue weighted by molar-refractivity contribution is 6.23. The number of carbonyl (C=O) groups is 1. The Morgan fingerprint density at radius 2 is 1.96 bits per heavy atom. The molecule has 1 aromatic heterocycles. The van der Waals surface area contributed by atoms with Crippen molar-refractivity contribution in [3.05, 3.63) is 42.2 Å². The van der Waals surface area contributed by atoms with Gasteiger partial charge in [0.2, 0.25) is 5.91 Å². The van der Waals surface area contributed by atoms with Gasteiger partial charge in [0.15, 0.2) is 0 Å². The lowest BCUT2D eigenvalue weighted by Crippen LogP contribution is -2.50. The van der Waals surface area contributed by atoms with E-state index < -0.39 is 0 Å². The number of benzene rings is 1.